The number of carbonyl (C=O) groups is 2. The van der Waals surface area contributed by atoms with Crippen molar-refractivity contribution in [1.82, 2.24) is 5.32 Å². The van der Waals surface area contributed by atoms with Crippen LogP contribution < -0.4 is 5.32 Å². The predicted molar refractivity (Wildman–Crippen MR) is 269 cm³/mol. The smallest absolute Gasteiger partial charge is 0.305 e. The fourth-order valence-corrected chi connectivity index (χ4v) is 8.44. The SMILES string of the molecule is CCCC/C=C\CCCCCCCC(=O)OCCCCCCCCCCCCCCCCCCC(=O)NC(CO)C(O)/C=C/CCCCCCCCCCCCCCCCCC. The Bertz CT molecular complexity index is 966. The second-order valence-corrected chi connectivity index (χ2v) is 18.9. The fraction of sp³-hybridized carbons (Fsp3) is 0.893. The van der Waals surface area contributed by atoms with Gasteiger partial charge in [0, 0.05) is 12.8 Å². The highest BCUT2D eigenvalue weighted by Gasteiger charge is 2.18. The highest BCUT2D eigenvalue weighted by Crippen LogP contribution is 2.17. The molecule has 0 rings (SSSR count). The Hall–Kier alpha value is -1.66. The molecule has 62 heavy (non-hydrogen) atoms. The van der Waals surface area contributed by atoms with Gasteiger partial charge < -0.3 is 20.3 Å². The van der Waals surface area contributed by atoms with Gasteiger partial charge in [0.1, 0.15) is 0 Å². The van der Waals surface area contributed by atoms with Crippen LogP contribution in [0.1, 0.15) is 296 Å². The molecule has 0 saturated carbocycles. The van der Waals surface area contributed by atoms with Crippen LogP contribution in [0.15, 0.2) is 24.3 Å². The number of ether oxygens (including phenoxy) is 1. The number of aliphatic hydroxyl groups is 2. The van der Waals surface area contributed by atoms with E-state index in [1.165, 1.54) is 225 Å². The van der Waals surface area contributed by atoms with Gasteiger partial charge in [-0.15, -0.1) is 0 Å². The summed E-state index contributed by atoms with van der Waals surface area (Å²) in [4.78, 5) is 24.4. The number of unbranched alkanes of at least 4 members (excludes halogenated alkanes) is 38. The van der Waals surface area contributed by atoms with Crippen LogP contribution in [0.4, 0.5) is 0 Å². The molecular weight excluding hydrogens is 767 g/mol. The molecule has 2 atom stereocenters. The molecule has 0 saturated heterocycles. The van der Waals surface area contributed by atoms with Crippen molar-refractivity contribution < 1.29 is 24.5 Å². The number of amides is 1. The normalized spacial score (nSPS) is 12.8. The zero-order valence-electron chi connectivity index (χ0n) is 41.6. The molecule has 0 aromatic rings. The number of rotatable bonds is 51. The van der Waals surface area contributed by atoms with Crippen LogP contribution >= 0.6 is 0 Å². The van der Waals surface area contributed by atoms with E-state index in [-0.39, 0.29) is 18.5 Å². The number of allylic oxidation sites excluding steroid dienone is 3. The van der Waals surface area contributed by atoms with Crippen molar-refractivity contribution in [3.63, 3.8) is 0 Å². The van der Waals surface area contributed by atoms with Crippen molar-refractivity contribution >= 4 is 11.9 Å². The molecule has 0 spiro atoms. The molecule has 2 unspecified atom stereocenters. The van der Waals surface area contributed by atoms with Gasteiger partial charge in [-0.3, -0.25) is 9.59 Å². The fourth-order valence-electron chi connectivity index (χ4n) is 8.44. The minimum atomic E-state index is -0.849. The van der Waals surface area contributed by atoms with Crippen molar-refractivity contribution in [3.05, 3.63) is 24.3 Å². The minimum absolute atomic E-state index is 0.00888. The summed E-state index contributed by atoms with van der Waals surface area (Å²) in [5.74, 6) is -0.0823. The lowest BCUT2D eigenvalue weighted by molar-refractivity contribution is -0.143. The van der Waals surface area contributed by atoms with E-state index in [4.69, 9.17) is 4.74 Å². The first-order valence-electron chi connectivity index (χ1n) is 27.6. The van der Waals surface area contributed by atoms with Crippen molar-refractivity contribution in [2.24, 2.45) is 0 Å². The van der Waals surface area contributed by atoms with Crippen molar-refractivity contribution in [2.75, 3.05) is 13.2 Å². The summed E-state index contributed by atoms with van der Waals surface area (Å²) in [5, 5.41) is 23.1. The Morgan fingerprint density at radius 3 is 1.19 bits per heavy atom. The zero-order chi connectivity index (χ0) is 45.1. The highest BCUT2D eigenvalue weighted by molar-refractivity contribution is 5.76. The van der Waals surface area contributed by atoms with Crippen LogP contribution in [-0.2, 0) is 14.3 Å². The second kappa shape index (κ2) is 52.0. The lowest BCUT2D eigenvalue weighted by Gasteiger charge is -2.20. The van der Waals surface area contributed by atoms with Gasteiger partial charge in [0.25, 0.3) is 0 Å². The average molecular weight is 874 g/mol. The van der Waals surface area contributed by atoms with E-state index >= 15 is 0 Å². The minimum Gasteiger partial charge on any atom is -0.466 e. The molecule has 0 radical (unpaired) electrons. The quantitative estimate of drug-likeness (QED) is 0.0321. The van der Waals surface area contributed by atoms with Crippen molar-refractivity contribution in [2.45, 2.75) is 309 Å². The maximum absolute atomic E-state index is 12.5. The molecular formula is C56H107NO5. The van der Waals surface area contributed by atoms with Crippen molar-refractivity contribution in [1.29, 1.82) is 0 Å². The summed E-state index contributed by atoms with van der Waals surface area (Å²) in [6, 6.07) is -0.633. The Morgan fingerprint density at radius 1 is 0.435 bits per heavy atom. The van der Waals surface area contributed by atoms with Gasteiger partial charge >= 0.3 is 5.97 Å². The maximum atomic E-state index is 12.5. The first-order chi connectivity index (χ1) is 30.5. The van der Waals surface area contributed by atoms with Crippen LogP contribution in [0, 0.1) is 0 Å². The molecule has 0 aromatic heterocycles. The standard InChI is InChI=1S/C56H107NO5/c1-3-5-7-9-11-13-15-16-17-18-19-22-25-29-32-36-40-44-48-54(59)53(52-58)57-55(60)49-45-41-37-33-30-26-23-20-21-24-27-31-35-39-43-47-51-62-56(61)50-46-42-38-34-28-14-12-10-8-6-4-2/h10,12,44,48,53-54,58-59H,3-9,11,13-43,45-47,49-52H2,1-2H3,(H,57,60)/b12-10-,48-44+. The van der Waals surface area contributed by atoms with Crippen molar-refractivity contribution in [3.8, 4) is 0 Å². The number of nitrogens with one attached hydrogen (secondary N) is 1. The number of aliphatic hydroxyl groups excluding tert-OH is 2. The van der Waals surface area contributed by atoms with Gasteiger partial charge in [-0.05, 0) is 51.4 Å². The van der Waals surface area contributed by atoms with E-state index in [2.05, 4.69) is 31.3 Å². The van der Waals surface area contributed by atoms with Gasteiger partial charge in [-0.2, -0.15) is 0 Å². The molecule has 0 aliphatic rings. The Morgan fingerprint density at radius 2 is 0.774 bits per heavy atom. The first-order valence-corrected chi connectivity index (χ1v) is 27.6. The molecule has 6 nitrogen and oxygen atoms in total. The molecule has 6 heteroatoms. The summed E-state index contributed by atoms with van der Waals surface area (Å²) in [6.07, 6.45) is 61.8. The van der Waals surface area contributed by atoms with E-state index < -0.39 is 12.1 Å². The van der Waals surface area contributed by atoms with Gasteiger partial charge in [0.05, 0.1) is 25.4 Å². The number of hydrogen-bond acceptors (Lipinski definition) is 5. The van der Waals surface area contributed by atoms with Crippen LogP contribution in [0.5, 0.6) is 0 Å². The zero-order valence-corrected chi connectivity index (χ0v) is 41.6. The predicted octanol–water partition coefficient (Wildman–Crippen LogP) is 16.7. The average Bonchev–Trinajstić information content (AvgIpc) is 3.27. The number of esters is 1. The summed E-state index contributed by atoms with van der Waals surface area (Å²) in [6.45, 7) is 4.86. The lowest BCUT2D eigenvalue weighted by Crippen LogP contribution is -2.45. The van der Waals surface area contributed by atoms with Crippen LogP contribution in [-0.4, -0.2) is 47.4 Å². The molecule has 0 aromatic carbocycles. The third-order valence-corrected chi connectivity index (χ3v) is 12.7. The Labute approximate surface area is 386 Å². The highest BCUT2D eigenvalue weighted by atomic mass is 16.5. The second-order valence-electron chi connectivity index (χ2n) is 18.9. The first kappa shape index (κ1) is 60.3. The Kier molecular flexibility index (Phi) is 50.6. The van der Waals surface area contributed by atoms with Gasteiger partial charge in [0.2, 0.25) is 5.91 Å². The van der Waals surface area contributed by atoms with Gasteiger partial charge in [-0.25, -0.2) is 0 Å². The Balaban J connectivity index is 3.47. The molecule has 0 heterocycles. The number of carbonyl (C=O) groups excluding carboxylic acids is 2. The van der Waals surface area contributed by atoms with E-state index in [9.17, 15) is 19.8 Å². The van der Waals surface area contributed by atoms with E-state index in [0.717, 1.165) is 44.9 Å². The molecule has 0 fully saturated rings. The van der Waals surface area contributed by atoms with Crippen LogP contribution in [0.3, 0.4) is 0 Å². The summed E-state index contributed by atoms with van der Waals surface area (Å²) >= 11 is 0. The third-order valence-electron chi connectivity index (χ3n) is 12.7. The maximum Gasteiger partial charge on any atom is 0.305 e. The van der Waals surface area contributed by atoms with E-state index in [1.54, 1.807) is 6.08 Å². The third kappa shape index (κ3) is 47.8. The molecule has 0 aliphatic carbocycles. The monoisotopic (exact) mass is 874 g/mol. The number of hydrogen-bond donors (Lipinski definition) is 3. The summed E-state index contributed by atoms with van der Waals surface area (Å²) < 4.78 is 5.45. The van der Waals surface area contributed by atoms with E-state index in [0.29, 0.717) is 19.4 Å². The molecule has 1 amide bonds. The molecule has 366 valence electrons. The summed E-state index contributed by atoms with van der Waals surface area (Å²) in [7, 11) is 0. The van der Waals surface area contributed by atoms with E-state index in [1.807, 2.05) is 6.08 Å². The molecule has 3 N–H and O–H groups in total. The molecule has 0 aliphatic heterocycles. The van der Waals surface area contributed by atoms with Crippen LogP contribution in [0.25, 0.3) is 0 Å². The topological polar surface area (TPSA) is 95.9 Å². The van der Waals surface area contributed by atoms with Crippen LogP contribution in [0.2, 0.25) is 0 Å². The van der Waals surface area contributed by atoms with Gasteiger partial charge in [-0.1, -0.05) is 256 Å². The molecule has 0 bridgehead atoms. The lowest BCUT2D eigenvalue weighted by atomic mass is 10.0. The largest absolute Gasteiger partial charge is 0.466 e. The van der Waals surface area contributed by atoms with Gasteiger partial charge in [0.15, 0.2) is 0 Å². The summed E-state index contributed by atoms with van der Waals surface area (Å²) in [5.41, 5.74) is 0.